The zero-order valence-electron chi connectivity index (χ0n) is 13.2. The zero-order chi connectivity index (χ0) is 14.8. The summed E-state index contributed by atoms with van der Waals surface area (Å²) in [5.41, 5.74) is 0.0386. The van der Waals surface area contributed by atoms with Crippen LogP contribution in [-0.4, -0.2) is 11.6 Å². The topological polar surface area (TPSA) is 34.1 Å². The number of carbonyl (C=O) groups is 2. The lowest BCUT2D eigenvalue weighted by Gasteiger charge is -2.57. The van der Waals surface area contributed by atoms with Crippen molar-refractivity contribution in [2.45, 2.75) is 58.8 Å². The van der Waals surface area contributed by atoms with E-state index in [4.69, 9.17) is 0 Å². The first-order chi connectivity index (χ1) is 9.97. The van der Waals surface area contributed by atoms with Crippen molar-refractivity contribution in [3.63, 3.8) is 0 Å². The van der Waals surface area contributed by atoms with Gasteiger partial charge >= 0.3 is 0 Å². The van der Waals surface area contributed by atoms with Crippen molar-refractivity contribution in [3.8, 4) is 0 Å². The van der Waals surface area contributed by atoms with Gasteiger partial charge in [-0.15, -0.1) is 0 Å². The summed E-state index contributed by atoms with van der Waals surface area (Å²) >= 11 is 0. The molecule has 0 unspecified atom stereocenters. The molecule has 6 atom stereocenters. The second kappa shape index (κ2) is 4.30. The largest absolute Gasteiger partial charge is 0.299 e. The molecule has 0 aliphatic heterocycles. The summed E-state index contributed by atoms with van der Waals surface area (Å²) in [6.45, 7) is 4.54. The molecule has 0 N–H and O–H groups in total. The second-order valence-corrected chi connectivity index (χ2v) is 8.47. The number of ketones is 2. The maximum absolute atomic E-state index is 12.7. The molecule has 4 aliphatic carbocycles. The van der Waals surface area contributed by atoms with E-state index >= 15 is 0 Å². The van der Waals surface area contributed by atoms with Gasteiger partial charge in [-0.1, -0.05) is 26.3 Å². The van der Waals surface area contributed by atoms with E-state index in [0.29, 0.717) is 29.0 Å². The third-order valence-corrected chi connectivity index (χ3v) is 7.71. The van der Waals surface area contributed by atoms with E-state index in [1.807, 2.05) is 6.08 Å². The van der Waals surface area contributed by atoms with Gasteiger partial charge in [0.1, 0.15) is 5.78 Å². The number of hydrogen-bond acceptors (Lipinski definition) is 2. The van der Waals surface area contributed by atoms with Crippen LogP contribution in [0.2, 0.25) is 0 Å². The van der Waals surface area contributed by atoms with Crippen molar-refractivity contribution < 1.29 is 9.59 Å². The van der Waals surface area contributed by atoms with Gasteiger partial charge in [-0.25, -0.2) is 0 Å². The predicted octanol–water partition coefficient (Wildman–Crippen LogP) is 3.94. The van der Waals surface area contributed by atoms with E-state index < -0.39 is 5.41 Å². The Balaban J connectivity index is 1.77. The molecule has 0 saturated heterocycles. The summed E-state index contributed by atoms with van der Waals surface area (Å²) in [7, 11) is 0. The zero-order valence-corrected chi connectivity index (χ0v) is 13.2. The van der Waals surface area contributed by atoms with Crippen molar-refractivity contribution in [2.75, 3.05) is 0 Å². The summed E-state index contributed by atoms with van der Waals surface area (Å²) in [5, 5.41) is 0. The average Bonchev–Trinajstić information content (AvgIpc) is 2.83. The van der Waals surface area contributed by atoms with Gasteiger partial charge < -0.3 is 0 Å². The third-order valence-electron chi connectivity index (χ3n) is 7.71. The molecular formula is C19H26O2. The Morgan fingerprint density at radius 1 is 1.10 bits per heavy atom. The smallest absolute Gasteiger partial charge is 0.162 e. The normalized spacial score (nSPS) is 52.3. The van der Waals surface area contributed by atoms with Gasteiger partial charge in [0.15, 0.2) is 5.78 Å². The first-order valence-electron chi connectivity index (χ1n) is 8.70. The van der Waals surface area contributed by atoms with E-state index in [1.54, 1.807) is 6.08 Å². The van der Waals surface area contributed by atoms with Crippen LogP contribution in [0.3, 0.4) is 0 Å². The van der Waals surface area contributed by atoms with Gasteiger partial charge in [-0.05, 0) is 61.3 Å². The van der Waals surface area contributed by atoms with Crippen molar-refractivity contribution in [1.29, 1.82) is 0 Å². The molecule has 0 bridgehead atoms. The van der Waals surface area contributed by atoms with E-state index in [9.17, 15) is 9.59 Å². The fourth-order valence-electron chi connectivity index (χ4n) is 6.50. The van der Waals surface area contributed by atoms with Gasteiger partial charge in [0.25, 0.3) is 0 Å². The molecule has 0 radical (unpaired) electrons. The highest BCUT2D eigenvalue weighted by Gasteiger charge is 2.61. The van der Waals surface area contributed by atoms with Crippen molar-refractivity contribution >= 4 is 11.6 Å². The molecule has 3 saturated carbocycles. The quantitative estimate of drug-likeness (QED) is 0.676. The summed E-state index contributed by atoms with van der Waals surface area (Å²) in [5.74, 6) is 2.14. The summed E-state index contributed by atoms with van der Waals surface area (Å²) < 4.78 is 0. The SMILES string of the molecule is C[C@@]12CCC[C@H]1[C@@H]1CC(=O)[C@@H]3CC=CC(=O)[C@]3(C)[C@H]1CC2. The Labute approximate surface area is 127 Å². The molecule has 0 aromatic rings. The molecule has 3 fully saturated rings. The first-order valence-corrected chi connectivity index (χ1v) is 8.70. The lowest BCUT2D eigenvalue weighted by atomic mass is 9.45. The number of rotatable bonds is 0. The minimum atomic E-state index is -0.404. The Kier molecular flexibility index (Phi) is 2.81. The first kappa shape index (κ1) is 13.7. The highest BCUT2D eigenvalue weighted by molar-refractivity contribution is 6.01. The van der Waals surface area contributed by atoms with Gasteiger partial charge in [-0.3, -0.25) is 9.59 Å². The Bertz CT molecular complexity index is 534. The molecule has 0 aromatic carbocycles. The highest BCUT2D eigenvalue weighted by Crippen LogP contribution is 2.64. The molecule has 4 rings (SSSR count). The summed E-state index contributed by atoms with van der Waals surface area (Å²) in [4.78, 5) is 25.4. The van der Waals surface area contributed by atoms with Crippen LogP contribution in [-0.2, 0) is 9.59 Å². The van der Waals surface area contributed by atoms with E-state index in [-0.39, 0.29) is 11.7 Å². The van der Waals surface area contributed by atoms with Crippen LogP contribution in [0.4, 0.5) is 0 Å². The summed E-state index contributed by atoms with van der Waals surface area (Å²) in [6.07, 6.45) is 11.5. The molecule has 0 amide bonds. The highest BCUT2D eigenvalue weighted by atomic mass is 16.1. The number of Topliss-reactive ketones (excluding diaryl/α,β-unsaturated/α-hetero) is 1. The van der Waals surface area contributed by atoms with Crippen molar-refractivity contribution in [3.05, 3.63) is 12.2 Å². The van der Waals surface area contributed by atoms with Crippen molar-refractivity contribution in [2.24, 2.45) is 34.5 Å². The molecule has 0 heterocycles. The van der Waals surface area contributed by atoms with Gasteiger partial charge in [0.2, 0.25) is 0 Å². The predicted molar refractivity (Wildman–Crippen MR) is 81.6 cm³/mol. The van der Waals surface area contributed by atoms with Crippen LogP contribution in [0.5, 0.6) is 0 Å². The van der Waals surface area contributed by atoms with Gasteiger partial charge in [0, 0.05) is 17.8 Å². The molecular weight excluding hydrogens is 260 g/mol. The molecule has 21 heavy (non-hydrogen) atoms. The fraction of sp³-hybridized carbons (Fsp3) is 0.789. The molecule has 114 valence electrons. The monoisotopic (exact) mass is 286 g/mol. The second-order valence-electron chi connectivity index (χ2n) is 8.47. The Morgan fingerprint density at radius 3 is 2.71 bits per heavy atom. The number of hydrogen-bond donors (Lipinski definition) is 0. The minimum Gasteiger partial charge on any atom is -0.299 e. The van der Waals surface area contributed by atoms with Gasteiger partial charge in [0.05, 0.1) is 0 Å². The van der Waals surface area contributed by atoms with Crippen LogP contribution in [0, 0.1) is 34.5 Å². The fourth-order valence-corrected chi connectivity index (χ4v) is 6.50. The van der Waals surface area contributed by atoms with Crippen LogP contribution in [0.15, 0.2) is 12.2 Å². The lowest BCUT2D eigenvalue weighted by molar-refractivity contribution is -0.158. The molecule has 2 heteroatoms. The van der Waals surface area contributed by atoms with Crippen LogP contribution >= 0.6 is 0 Å². The average molecular weight is 286 g/mol. The Morgan fingerprint density at radius 2 is 1.90 bits per heavy atom. The van der Waals surface area contributed by atoms with Gasteiger partial charge in [-0.2, -0.15) is 0 Å². The van der Waals surface area contributed by atoms with Crippen LogP contribution in [0.25, 0.3) is 0 Å². The minimum absolute atomic E-state index is 0.0398. The maximum atomic E-state index is 12.7. The number of allylic oxidation sites excluding steroid dienone is 2. The molecule has 0 aromatic heterocycles. The lowest BCUT2D eigenvalue weighted by Crippen LogP contribution is -2.57. The van der Waals surface area contributed by atoms with E-state index in [2.05, 4.69) is 13.8 Å². The van der Waals surface area contributed by atoms with E-state index in [1.165, 1.54) is 25.7 Å². The number of fused-ring (bicyclic) bond motifs is 5. The number of carbonyl (C=O) groups excluding carboxylic acids is 2. The Hall–Kier alpha value is -0.920. The maximum Gasteiger partial charge on any atom is 0.162 e. The molecule has 4 aliphatic rings. The molecule has 2 nitrogen and oxygen atoms in total. The van der Waals surface area contributed by atoms with Crippen molar-refractivity contribution in [1.82, 2.24) is 0 Å². The van der Waals surface area contributed by atoms with Crippen LogP contribution in [0.1, 0.15) is 58.8 Å². The third kappa shape index (κ3) is 1.65. The van der Waals surface area contributed by atoms with Crippen LogP contribution < -0.4 is 0 Å². The molecule has 0 spiro atoms. The van der Waals surface area contributed by atoms with E-state index in [0.717, 1.165) is 19.3 Å². The standard InChI is InChI=1S/C19H26O2/c1-18-9-4-6-13(18)12-11-16(20)15-5-3-7-17(21)19(15,2)14(12)8-10-18/h3,7,12-15H,4-6,8-11H2,1-2H3/t12-,13-,14-,15-,18-,19+/m0/s1. The summed E-state index contributed by atoms with van der Waals surface area (Å²) in [6, 6.07) is 0.